The highest BCUT2D eigenvalue weighted by Crippen LogP contribution is 2.23. The van der Waals surface area contributed by atoms with Crippen molar-refractivity contribution in [3.63, 3.8) is 0 Å². The second kappa shape index (κ2) is 5.06. The van der Waals surface area contributed by atoms with Crippen LogP contribution in [-0.2, 0) is 6.54 Å². The molecule has 3 nitrogen and oxygen atoms in total. The van der Waals surface area contributed by atoms with E-state index in [2.05, 4.69) is 4.98 Å². The first-order valence-electron chi connectivity index (χ1n) is 6.04. The van der Waals surface area contributed by atoms with Crippen LogP contribution in [0.3, 0.4) is 0 Å². The van der Waals surface area contributed by atoms with Gasteiger partial charge in [-0.3, -0.25) is 4.79 Å². The summed E-state index contributed by atoms with van der Waals surface area (Å²) in [6, 6.07) is 11.8. The van der Waals surface area contributed by atoms with Gasteiger partial charge in [0, 0.05) is 10.6 Å². The maximum Gasteiger partial charge on any atom is 0.185 e. The van der Waals surface area contributed by atoms with Gasteiger partial charge < -0.3 is 4.57 Å². The molecule has 20 heavy (non-hydrogen) atoms. The number of halogens is 2. The Morgan fingerprint density at radius 3 is 2.75 bits per heavy atom. The topological polar surface area (TPSA) is 34.9 Å². The summed E-state index contributed by atoms with van der Waals surface area (Å²) in [7, 11) is 0. The van der Waals surface area contributed by atoms with Crippen LogP contribution in [0.25, 0.3) is 11.0 Å². The molecule has 0 atom stereocenters. The Balaban J connectivity index is 2.17. The molecule has 5 heteroatoms. The Morgan fingerprint density at radius 2 is 2.00 bits per heavy atom. The van der Waals surface area contributed by atoms with Crippen LogP contribution in [0.1, 0.15) is 16.2 Å². The van der Waals surface area contributed by atoms with Gasteiger partial charge in [0.25, 0.3) is 0 Å². The molecule has 3 aromatic rings. The first-order valence-corrected chi connectivity index (χ1v) is 6.42. The lowest BCUT2D eigenvalue weighted by Crippen LogP contribution is -2.06. The SMILES string of the molecule is O=Cc1nc2ccccc2n1Cc1c(F)cccc1Cl. The van der Waals surface area contributed by atoms with Crippen LogP contribution in [-0.4, -0.2) is 15.8 Å². The number of benzene rings is 2. The lowest BCUT2D eigenvalue weighted by molar-refractivity contribution is 0.111. The summed E-state index contributed by atoms with van der Waals surface area (Å²) >= 11 is 6.03. The zero-order valence-corrected chi connectivity index (χ0v) is 11.1. The maximum atomic E-state index is 13.9. The van der Waals surface area contributed by atoms with Crippen molar-refractivity contribution >= 4 is 28.9 Å². The van der Waals surface area contributed by atoms with Gasteiger partial charge in [-0.05, 0) is 24.3 Å². The van der Waals surface area contributed by atoms with Gasteiger partial charge in [-0.15, -0.1) is 0 Å². The number of aromatic nitrogens is 2. The van der Waals surface area contributed by atoms with Crippen molar-refractivity contribution in [2.24, 2.45) is 0 Å². The van der Waals surface area contributed by atoms with Crippen molar-refractivity contribution in [1.29, 1.82) is 0 Å². The molecule has 100 valence electrons. The zero-order chi connectivity index (χ0) is 14.1. The summed E-state index contributed by atoms with van der Waals surface area (Å²) < 4.78 is 15.5. The molecule has 1 aromatic heterocycles. The Bertz CT molecular complexity index is 777. The molecule has 0 aliphatic carbocycles. The smallest absolute Gasteiger partial charge is 0.185 e. The molecular formula is C15H10ClFN2O. The summed E-state index contributed by atoms with van der Waals surface area (Å²) in [5.74, 6) is -0.141. The van der Waals surface area contributed by atoms with Crippen molar-refractivity contribution in [2.45, 2.75) is 6.54 Å². The number of rotatable bonds is 3. The Kier molecular flexibility index (Phi) is 3.24. The number of aldehydes is 1. The molecular weight excluding hydrogens is 279 g/mol. The molecule has 1 heterocycles. The monoisotopic (exact) mass is 288 g/mol. The molecule has 0 aliphatic rings. The fraction of sp³-hybridized carbons (Fsp3) is 0.0667. The number of carbonyl (C=O) groups is 1. The number of imidazole rings is 1. The van der Waals surface area contributed by atoms with E-state index in [-0.39, 0.29) is 12.4 Å². The van der Waals surface area contributed by atoms with E-state index < -0.39 is 5.82 Å². The lowest BCUT2D eigenvalue weighted by atomic mass is 10.2. The summed E-state index contributed by atoms with van der Waals surface area (Å²) in [5, 5.41) is 0.333. The summed E-state index contributed by atoms with van der Waals surface area (Å²) in [6.07, 6.45) is 0.661. The molecule has 0 fully saturated rings. The lowest BCUT2D eigenvalue weighted by Gasteiger charge is -2.09. The molecule has 0 saturated carbocycles. The Labute approximate surface area is 119 Å². The standard InChI is InChI=1S/C15H10ClFN2O/c16-11-4-3-5-12(17)10(11)8-19-14-7-2-1-6-13(14)18-15(19)9-20/h1-7,9H,8H2. The van der Waals surface area contributed by atoms with Crippen molar-refractivity contribution in [1.82, 2.24) is 9.55 Å². The predicted octanol–water partition coefficient (Wildman–Crippen LogP) is 3.69. The van der Waals surface area contributed by atoms with E-state index in [1.54, 1.807) is 16.7 Å². The molecule has 0 radical (unpaired) electrons. The predicted molar refractivity (Wildman–Crippen MR) is 75.6 cm³/mol. The maximum absolute atomic E-state index is 13.9. The highest BCUT2D eigenvalue weighted by atomic mass is 35.5. The molecule has 0 bridgehead atoms. The third-order valence-electron chi connectivity index (χ3n) is 3.17. The van der Waals surface area contributed by atoms with E-state index in [9.17, 15) is 9.18 Å². The number of carbonyl (C=O) groups excluding carboxylic acids is 1. The molecule has 0 N–H and O–H groups in total. The van der Waals surface area contributed by atoms with E-state index in [4.69, 9.17) is 11.6 Å². The second-order valence-electron chi connectivity index (χ2n) is 4.36. The highest BCUT2D eigenvalue weighted by Gasteiger charge is 2.13. The van der Waals surface area contributed by atoms with Crippen molar-refractivity contribution < 1.29 is 9.18 Å². The quantitative estimate of drug-likeness (QED) is 0.689. The van der Waals surface area contributed by atoms with Gasteiger partial charge in [0.15, 0.2) is 12.1 Å². The molecule has 0 unspecified atom stereocenters. The van der Waals surface area contributed by atoms with Crippen LogP contribution in [0.2, 0.25) is 5.02 Å². The Hall–Kier alpha value is -2.20. The van der Waals surface area contributed by atoms with Crippen LogP contribution in [0, 0.1) is 5.82 Å². The highest BCUT2D eigenvalue weighted by molar-refractivity contribution is 6.31. The van der Waals surface area contributed by atoms with Crippen LogP contribution in [0.15, 0.2) is 42.5 Å². The minimum atomic E-state index is -0.396. The minimum absolute atomic E-state index is 0.167. The van der Waals surface area contributed by atoms with Gasteiger partial charge in [-0.2, -0.15) is 0 Å². The van der Waals surface area contributed by atoms with Crippen LogP contribution in [0.4, 0.5) is 4.39 Å². The normalized spacial score (nSPS) is 10.9. The van der Waals surface area contributed by atoms with E-state index in [0.29, 0.717) is 22.4 Å². The van der Waals surface area contributed by atoms with Crippen LogP contribution < -0.4 is 0 Å². The zero-order valence-electron chi connectivity index (χ0n) is 10.4. The molecule has 2 aromatic carbocycles. The van der Waals surface area contributed by atoms with Crippen molar-refractivity contribution in [3.8, 4) is 0 Å². The van der Waals surface area contributed by atoms with Gasteiger partial charge in [0.1, 0.15) is 5.82 Å². The summed E-state index contributed by atoms with van der Waals surface area (Å²) in [6.45, 7) is 0.167. The van der Waals surface area contributed by atoms with Gasteiger partial charge in [0.2, 0.25) is 0 Å². The first-order chi connectivity index (χ1) is 9.70. The van der Waals surface area contributed by atoms with E-state index in [1.165, 1.54) is 6.07 Å². The second-order valence-corrected chi connectivity index (χ2v) is 4.77. The number of nitrogens with zero attached hydrogens (tertiary/aromatic N) is 2. The molecule has 3 rings (SSSR count). The van der Waals surface area contributed by atoms with Crippen molar-refractivity contribution in [3.05, 3.63) is 64.7 Å². The molecule has 0 aliphatic heterocycles. The number of hydrogen-bond acceptors (Lipinski definition) is 2. The third-order valence-corrected chi connectivity index (χ3v) is 3.52. The minimum Gasteiger partial charge on any atom is -0.317 e. The van der Waals surface area contributed by atoms with E-state index >= 15 is 0 Å². The fourth-order valence-electron chi connectivity index (χ4n) is 2.19. The summed E-state index contributed by atoms with van der Waals surface area (Å²) in [4.78, 5) is 15.4. The molecule has 0 saturated heterocycles. The Morgan fingerprint density at radius 1 is 1.20 bits per heavy atom. The number of fused-ring (bicyclic) bond motifs is 1. The van der Waals surface area contributed by atoms with Crippen molar-refractivity contribution in [2.75, 3.05) is 0 Å². The molecule has 0 amide bonds. The number of hydrogen-bond donors (Lipinski definition) is 0. The average molecular weight is 289 g/mol. The first kappa shape index (κ1) is 12.8. The van der Waals surface area contributed by atoms with E-state index in [0.717, 1.165) is 5.52 Å². The largest absolute Gasteiger partial charge is 0.317 e. The molecule has 0 spiro atoms. The fourth-order valence-corrected chi connectivity index (χ4v) is 2.41. The number of para-hydroxylation sites is 2. The van der Waals surface area contributed by atoms with Crippen LogP contribution >= 0.6 is 11.6 Å². The summed E-state index contributed by atoms with van der Waals surface area (Å²) in [5.41, 5.74) is 1.82. The van der Waals surface area contributed by atoms with Gasteiger partial charge >= 0.3 is 0 Å². The third kappa shape index (κ3) is 2.08. The van der Waals surface area contributed by atoms with Gasteiger partial charge in [-0.25, -0.2) is 9.37 Å². The van der Waals surface area contributed by atoms with Gasteiger partial charge in [0.05, 0.1) is 17.6 Å². The average Bonchev–Trinajstić information content (AvgIpc) is 2.81. The van der Waals surface area contributed by atoms with E-state index in [1.807, 2.05) is 24.3 Å². The van der Waals surface area contributed by atoms with Crippen LogP contribution in [0.5, 0.6) is 0 Å². The van der Waals surface area contributed by atoms with Gasteiger partial charge in [-0.1, -0.05) is 29.8 Å².